The molecule has 1 saturated heterocycles. The van der Waals surface area contributed by atoms with E-state index < -0.39 is 7.56 Å². The van der Waals surface area contributed by atoms with E-state index in [1.165, 1.54) is 76.4 Å². The lowest BCUT2D eigenvalue weighted by Gasteiger charge is -2.42. The fraction of sp³-hybridized carbons (Fsp3) is 0.520. The molecule has 0 bridgehead atoms. The first kappa shape index (κ1) is 24.5. The Bertz CT molecular complexity index is 668. The number of benzene rings is 2. The molecule has 0 N–H and O–H groups in total. The summed E-state index contributed by atoms with van der Waals surface area (Å²) in [5, 5.41) is 1.58. The van der Waals surface area contributed by atoms with E-state index in [9.17, 15) is 0 Å². The van der Waals surface area contributed by atoms with E-state index in [0.717, 1.165) is 0 Å². The fourth-order valence-electron chi connectivity index (χ4n) is 4.46. The molecule has 1 fully saturated rings. The second-order valence-corrected chi connectivity index (χ2v) is 11.5. The van der Waals surface area contributed by atoms with Gasteiger partial charge in [0.1, 0.15) is 11.5 Å². The number of rotatable bonds is 11. The van der Waals surface area contributed by atoms with Gasteiger partial charge in [-0.2, -0.15) is 9.34 Å². The maximum absolute atomic E-state index is 2.94. The van der Waals surface area contributed by atoms with E-state index in [0.29, 0.717) is 0 Å². The Morgan fingerprint density at radius 3 is 1.83 bits per heavy atom. The van der Waals surface area contributed by atoms with Crippen LogP contribution in [0.4, 0.5) is 0 Å². The summed E-state index contributed by atoms with van der Waals surface area (Å²) in [6.07, 6.45) is 8.98. The van der Waals surface area contributed by atoms with E-state index in [4.69, 9.17) is 0 Å². The largest absolute Gasteiger partial charge is 1.00 e. The van der Waals surface area contributed by atoms with Gasteiger partial charge in [0.15, 0.2) is 7.56 Å². The average molecular weight is 477 g/mol. The van der Waals surface area contributed by atoms with Gasteiger partial charge in [-0.15, -0.1) is 0 Å². The highest BCUT2D eigenvalue weighted by atomic mass is 79.9. The van der Waals surface area contributed by atoms with Crippen molar-refractivity contribution in [1.82, 2.24) is 9.34 Å². The minimum absolute atomic E-state index is 0. The smallest absolute Gasteiger partial charge is 0.190 e. The Balaban J connectivity index is 0.00000300. The minimum Gasteiger partial charge on any atom is -1.00 e. The van der Waals surface area contributed by atoms with Gasteiger partial charge < -0.3 is 17.0 Å². The topological polar surface area (TPSA) is 6.48 Å². The van der Waals surface area contributed by atoms with Crippen molar-refractivity contribution < 1.29 is 17.0 Å². The van der Waals surface area contributed by atoms with Crippen LogP contribution in [0.15, 0.2) is 60.7 Å². The predicted octanol–water partition coefficient (Wildman–Crippen LogP) is 3.36. The number of nitrogens with zero attached hydrogens (tertiary/aromatic N) is 2. The Hall–Kier alpha value is -0.730. The van der Waals surface area contributed by atoms with Crippen LogP contribution in [-0.4, -0.2) is 35.5 Å². The first-order chi connectivity index (χ1) is 13.8. The molecule has 160 valence electrons. The average Bonchev–Trinajstić information content (AvgIpc) is 3.29. The highest BCUT2D eigenvalue weighted by Gasteiger charge is 2.53. The zero-order valence-corrected chi connectivity index (χ0v) is 20.8. The maximum atomic E-state index is 2.94. The fourth-order valence-corrected chi connectivity index (χ4v) is 9.31. The minimum atomic E-state index is -1.62. The Morgan fingerprint density at radius 1 is 0.793 bits per heavy atom. The number of hydrogen-bond donors (Lipinski definition) is 0. The monoisotopic (exact) mass is 476 g/mol. The summed E-state index contributed by atoms with van der Waals surface area (Å²) in [6, 6.07) is 22.8. The van der Waals surface area contributed by atoms with Crippen LogP contribution in [0.1, 0.15) is 57.9 Å². The molecule has 1 aliphatic heterocycles. The third-order valence-corrected chi connectivity index (χ3v) is 10.6. The van der Waals surface area contributed by atoms with Gasteiger partial charge in [-0.3, -0.25) is 0 Å². The van der Waals surface area contributed by atoms with Crippen LogP contribution in [0.3, 0.4) is 0 Å². The zero-order chi connectivity index (χ0) is 19.7. The van der Waals surface area contributed by atoms with Crippen LogP contribution in [0.2, 0.25) is 0 Å². The molecular formula is C25H38BrN2P. The van der Waals surface area contributed by atoms with Crippen molar-refractivity contribution in [2.45, 2.75) is 58.5 Å². The molecular weight excluding hydrogens is 439 g/mol. The second-order valence-electron chi connectivity index (χ2n) is 8.03. The van der Waals surface area contributed by atoms with Crippen LogP contribution in [-0.2, 0) is 6.16 Å². The molecule has 4 heteroatoms. The van der Waals surface area contributed by atoms with Crippen molar-refractivity contribution >= 4 is 12.9 Å². The third-order valence-electron chi connectivity index (χ3n) is 5.97. The van der Waals surface area contributed by atoms with Crippen LogP contribution in [0.25, 0.3) is 0 Å². The van der Waals surface area contributed by atoms with Gasteiger partial charge in [0.25, 0.3) is 0 Å². The molecule has 1 aliphatic rings. The van der Waals surface area contributed by atoms with Crippen LogP contribution >= 0.6 is 7.56 Å². The van der Waals surface area contributed by atoms with Gasteiger partial charge in [0.2, 0.25) is 0 Å². The maximum Gasteiger partial charge on any atom is 0.190 e. The predicted molar refractivity (Wildman–Crippen MR) is 125 cm³/mol. The molecule has 0 aromatic heterocycles. The highest BCUT2D eigenvalue weighted by Crippen LogP contribution is 2.67. The SMILES string of the molecule is CCCCN(CCCC)[P+](Cc1ccccc1)(c1ccccc1)N1CCCC1.[Br-]. The summed E-state index contributed by atoms with van der Waals surface area (Å²) < 4.78 is 5.84. The van der Waals surface area contributed by atoms with Crippen molar-refractivity contribution in [3.05, 3.63) is 66.2 Å². The molecule has 0 aliphatic carbocycles. The molecule has 1 atom stereocenters. The molecule has 2 aromatic carbocycles. The van der Waals surface area contributed by atoms with Crippen molar-refractivity contribution in [1.29, 1.82) is 0 Å². The Morgan fingerprint density at radius 2 is 1.31 bits per heavy atom. The van der Waals surface area contributed by atoms with E-state index in [1.807, 2.05) is 0 Å². The van der Waals surface area contributed by atoms with Crippen LogP contribution < -0.4 is 22.3 Å². The Kier molecular flexibility index (Phi) is 10.9. The summed E-state index contributed by atoms with van der Waals surface area (Å²) in [5.74, 6) is 0. The summed E-state index contributed by atoms with van der Waals surface area (Å²) in [6.45, 7) is 9.61. The van der Waals surface area contributed by atoms with Crippen molar-refractivity contribution in [2.75, 3.05) is 26.2 Å². The third kappa shape index (κ3) is 6.14. The molecule has 0 saturated carbocycles. The summed E-state index contributed by atoms with van der Waals surface area (Å²) in [4.78, 5) is 0. The van der Waals surface area contributed by atoms with Crippen molar-refractivity contribution in [2.24, 2.45) is 0 Å². The first-order valence-electron chi connectivity index (χ1n) is 11.3. The number of unbranched alkanes of at least 4 members (excludes halogenated alkanes) is 2. The van der Waals surface area contributed by atoms with Gasteiger partial charge in [-0.25, -0.2) is 0 Å². The van der Waals surface area contributed by atoms with Crippen LogP contribution in [0.5, 0.6) is 0 Å². The molecule has 1 heterocycles. The quantitative estimate of drug-likeness (QED) is 0.458. The zero-order valence-electron chi connectivity index (χ0n) is 18.3. The van der Waals surface area contributed by atoms with E-state index in [2.05, 4.69) is 83.9 Å². The van der Waals surface area contributed by atoms with Gasteiger partial charge in [-0.1, -0.05) is 75.2 Å². The summed E-state index contributed by atoms with van der Waals surface area (Å²) >= 11 is 0. The molecule has 0 amide bonds. The first-order valence-corrected chi connectivity index (χ1v) is 13.2. The molecule has 2 nitrogen and oxygen atoms in total. The molecule has 3 rings (SSSR count). The molecule has 0 radical (unpaired) electrons. The lowest BCUT2D eigenvalue weighted by molar-refractivity contribution is -0.00000605. The normalized spacial score (nSPS) is 16.5. The Labute approximate surface area is 189 Å². The lowest BCUT2D eigenvalue weighted by atomic mass is 10.2. The van der Waals surface area contributed by atoms with Crippen LogP contribution in [0, 0.1) is 0 Å². The lowest BCUT2D eigenvalue weighted by Crippen LogP contribution is -3.00. The molecule has 1 unspecified atom stereocenters. The summed E-state index contributed by atoms with van der Waals surface area (Å²) in [7, 11) is -1.62. The van der Waals surface area contributed by atoms with Gasteiger partial charge in [0, 0.05) is 26.2 Å². The number of hydrogen-bond acceptors (Lipinski definition) is 2. The molecule has 2 aromatic rings. The van der Waals surface area contributed by atoms with Crippen molar-refractivity contribution in [3.8, 4) is 0 Å². The second kappa shape index (κ2) is 12.8. The van der Waals surface area contributed by atoms with E-state index >= 15 is 0 Å². The molecule has 29 heavy (non-hydrogen) atoms. The van der Waals surface area contributed by atoms with Crippen molar-refractivity contribution in [3.63, 3.8) is 0 Å². The standard InChI is InChI=1S/C25H38N2P.BrH/c1-3-5-19-26(20-6-4-2)28(27-21-13-14-22-27,25-17-11-8-12-18-25)23-24-15-9-7-10-16-24;/h7-12,15-18H,3-6,13-14,19-23H2,1-2H3;1H/q+1;/p-1. The van der Waals surface area contributed by atoms with Gasteiger partial charge >= 0.3 is 0 Å². The van der Waals surface area contributed by atoms with E-state index in [-0.39, 0.29) is 17.0 Å². The summed E-state index contributed by atoms with van der Waals surface area (Å²) in [5.41, 5.74) is 1.49. The van der Waals surface area contributed by atoms with E-state index in [1.54, 1.807) is 5.30 Å². The molecule has 0 spiro atoms. The van der Waals surface area contributed by atoms with Gasteiger partial charge in [0.05, 0.1) is 0 Å². The highest BCUT2D eigenvalue weighted by molar-refractivity contribution is 7.78. The van der Waals surface area contributed by atoms with Gasteiger partial charge in [-0.05, 0) is 43.4 Å². The number of halogens is 1.